The van der Waals surface area contributed by atoms with E-state index < -0.39 is 0 Å². The Hall–Kier alpha value is -1.30. The van der Waals surface area contributed by atoms with Gasteiger partial charge in [-0.2, -0.15) is 0 Å². The molecule has 0 aliphatic carbocycles. The number of hydrogen-bond acceptors (Lipinski definition) is 3. The summed E-state index contributed by atoms with van der Waals surface area (Å²) in [7, 11) is 0. The highest BCUT2D eigenvalue weighted by Crippen LogP contribution is 2.12. The van der Waals surface area contributed by atoms with Crippen molar-refractivity contribution in [2.75, 3.05) is 32.7 Å². The third kappa shape index (κ3) is 4.38. The number of carbonyl (C=O) groups is 1. The molecule has 2 aliphatic heterocycles. The Morgan fingerprint density at radius 2 is 1.79 bits per heavy atom. The molecular weight excluding hydrogens is 242 g/mol. The second kappa shape index (κ2) is 6.75. The first-order chi connectivity index (χ1) is 9.15. The van der Waals surface area contributed by atoms with E-state index in [1.807, 2.05) is 4.90 Å². The van der Waals surface area contributed by atoms with Gasteiger partial charge in [0, 0.05) is 32.2 Å². The monoisotopic (exact) mass is 267 g/mol. The lowest BCUT2D eigenvalue weighted by atomic mass is 10.1. The summed E-state index contributed by atoms with van der Waals surface area (Å²) in [5.41, 5.74) is 5.40. The highest BCUT2D eigenvalue weighted by molar-refractivity contribution is 5.79. The van der Waals surface area contributed by atoms with Crippen LogP contribution < -0.4 is 11.1 Å². The first kappa shape index (κ1) is 14.1. The van der Waals surface area contributed by atoms with Gasteiger partial charge in [0.2, 0.25) is 0 Å². The average Bonchev–Trinajstić information content (AvgIpc) is 2.41. The highest BCUT2D eigenvalue weighted by atomic mass is 16.2. The molecule has 0 spiro atoms. The van der Waals surface area contributed by atoms with Gasteiger partial charge >= 0.3 is 6.03 Å². The molecule has 2 fully saturated rings. The van der Waals surface area contributed by atoms with Crippen molar-refractivity contribution >= 4 is 11.9 Å². The SMILES string of the molecule is N=C(N)CN1CCC(NC(=O)N2CCCCC2)CC1. The summed E-state index contributed by atoms with van der Waals surface area (Å²) >= 11 is 0. The van der Waals surface area contributed by atoms with Gasteiger partial charge in [-0.3, -0.25) is 10.3 Å². The number of nitrogens with one attached hydrogen (secondary N) is 2. The molecule has 0 unspecified atom stereocenters. The molecule has 2 saturated heterocycles. The number of urea groups is 1. The molecule has 0 aromatic carbocycles. The summed E-state index contributed by atoms with van der Waals surface area (Å²) in [6.07, 6.45) is 5.40. The van der Waals surface area contributed by atoms with Crippen molar-refractivity contribution in [3.63, 3.8) is 0 Å². The van der Waals surface area contributed by atoms with E-state index in [2.05, 4.69) is 10.2 Å². The van der Waals surface area contributed by atoms with Crippen molar-refractivity contribution in [1.29, 1.82) is 5.41 Å². The molecule has 0 aromatic rings. The molecule has 0 radical (unpaired) electrons. The fraction of sp³-hybridized carbons (Fsp3) is 0.846. The Bertz CT molecular complexity index is 319. The minimum Gasteiger partial charge on any atom is -0.387 e. The maximum Gasteiger partial charge on any atom is 0.317 e. The van der Waals surface area contributed by atoms with Crippen molar-refractivity contribution in [2.45, 2.75) is 38.1 Å². The molecule has 0 bridgehead atoms. The lowest BCUT2D eigenvalue weighted by Gasteiger charge is -2.34. The van der Waals surface area contributed by atoms with E-state index in [1.165, 1.54) is 6.42 Å². The van der Waals surface area contributed by atoms with Gasteiger partial charge < -0.3 is 16.0 Å². The molecule has 4 N–H and O–H groups in total. The van der Waals surface area contributed by atoms with Crippen LogP contribution in [0.1, 0.15) is 32.1 Å². The molecule has 0 atom stereocenters. The first-order valence-corrected chi connectivity index (χ1v) is 7.26. The van der Waals surface area contributed by atoms with Crippen LogP contribution in [0.2, 0.25) is 0 Å². The van der Waals surface area contributed by atoms with E-state index in [9.17, 15) is 4.79 Å². The van der Waals surface area contributed by atoms with Crippen LogP contribution in [0.3, 0.4) is 0 Å². The molecule has 0 aromatic heterocycles. The lowest BCUT2D eigenvalue weighted by Crippen LogP contribution is -2.51. The zero-order valence-electron chi connectivity index (χ0n) is 11.5. The fourth-order valence-electron chi connectivity index (χ4n) is 2.84. The Kier molecular flexibility index (Phi) is 5.01. The van der Waals surface area contributed by atoms with Crippen molar-refractivity contribution in [3.8, 4) is 0 Å². The van der Waals surface area contributed by atoms with E-state index in [-0.39, 0.29) is 17.9 Å². The number of rotatable bonds is 3. The fourth-order valence-corrected chi connectivity index (χ4v) is 2.84. The summed E-state index contributed by atoms with van der Waals surface area (Å²) in [4.78, 5) is 16.2. The summed E-state index contributed by atoms with van der Waals surface area (Å²) in [5, 5.41) is 10.4. The summed E-state index contributed by atoms with van der Waals surface area (Å²) in [6, 6.07) is 0.377. The lowest BCUT2D eigenvalue weighted by molar-refractivity contribution is 0.169. The number of likely N-dealkylation sites (tertiary alicyclic amines) is 2. The molecule has 0 saturated carbocycles. The number of piperidine rings is 2. The van der Waals surface area contributed by atoms with E-state index in [0.29, 0.717) is 6.54 Å². The third-order valence-electron chi connectivity index (χ3n) is 3.95. The van der Waals surface area contributed by atoms with Crippen LogP contribution in [0, 0.1) is 5.41 Å². The standard InChI is InChI=1S/C13H25N5O/c14-12(15)10-17-8-4-11(5-9-17)16-13(19)18-6-2-1-3-7-18/h11H,1-10H2,(H3,14,15)(H,16,19). The van der Waals surface area contributed by atoms with Gasteiger partial charge in [-0.25, -0.2) is 4.79 Å². The number of nitrogens with two attached hydrogens (primary N) is 1. The van der Waals surface area contributed by atoms with Crippen LogP contribution in [-0.2, 0) is 0 Å². The zero-order valence-corrected chi connectivity index (χ0v) is 11.5. The minimum absolute atomic E-state index is 0.102. The van der Waals surface area contributed by atoms with Gasteiger partial charge in [0.05, 0.1) is 6.54 Å². The normalized spacial score (nSPS) is 22.2. The highest BCUT2D eigenvalue weighted by Gasteiger charge is 2.23. The predicted octanol–water partition coefficient (Wildman–Crippen LogP) is 0.582. The Labute approximate surface area is 114 Å². The maximum absolute atomic E-state index is 12.1. The predicted molar refractivity (Wildman–Crippen MR) is 75.3 cm³/mol. The molecule has 19 heavy (non-hydrogen) atoms. The van der Waals surface area contributed by atoms with Gasteiger partial charge in [0.25, 0.3) is 0 Å². The average molecular weight is 267 g/mol. The van der Waals surface area contributed by atoms with E-state index in [4.69, 9.17) is 11.1 Å². The molecule has 2 aliphatic rings. The minimum atomic E-state index is 0.102. The number of nitrogens with zero attached hydrogens (tertiary/aromatic N) is 2. The zero-order chi connectivity index (χ0) is 13.7. The van der Waals surface area contributed by atoms with Gasteiger partial charge in [0.15, 0.2) is 0 Å². The second-order valence-corrected chi connectivity index (χ2v) is 5.57. The number of amides is 2. The molecule has 108 valence electrons. The van der Waals surface area contributed by atoms with Crippen molar-refractivity contribution in [3.05, 3.63) is 0 Å². The maximum atomic E-state index is 12.1. The Morgan fingerprint density at radius 3 is 2.37 bits per heavy atom. The van der Waals surface area contributed by atoms with Crippen LogP contribution in [-0.4, -0.2) is 60.4 Å². The molecule has 2 amide bonds. The van der Waals surface area contributed by atoms with Crippen LogP contribution in [0.4, 0.5) is 4.79 Å². The van der Waals surface area contributed by atoms with Gasteiger partial charge in [-0.1, -0.05) is 0 Å². The molecule has 6 heteroatoms. The van der Waals surface area contributed by atoms with Gasteiger partial charge in [-0.15, -0.1) is 0 Å². The largest absolute Gasteiger partial charge is 0.387 e. The number of carbonyl (C=O) groups excluding carboxylic acids is 1. The van der Waals surface area contributed by atoms with Crippen molar-refractivity contribution < 1.29 is 4.79 Å². The Balaban J connectivity index is 1.69. The van der Waals surface area contributed by atoms with E-state index >= 15 is 0 Å². The van der Waals surface area contributed by atoms with Gasteiger partial charge in [0.1, 0.15) is 5.84 Å². The van der Waals surface area contributed by atoms with Crippen molar-refractivity contribution in [1.82, 2.24) is 15.1 Å². The van der Waals surface area contributed by atoms with Gasteiger partial charge in [-0.05, 0) is 32.1 Å². The quantitative estimate of drug-likeness (QED) is 0.516. The molecule has 2 rings (SSSR count). The molecule has 2 heterocycles. The smallest absolute Gasteiger partial charge is 0.317 e. The number of amidine groups is 1. The van der Waals surface area contributed by atoms with Crippen LogP contribution in [0.15, 0.2) is 0 Å². The molecular formula is C13H25N5O. The second-order valence-electron chi connectivity index (χ2n) is 5.57. The van der Waals surface area contributed by atoms with Crippen molar-refractivity contribution in [2.24, 2.45) is 5.73 Å². The Morgan fingerprint density at radius 1 is 1.16 bits per heavy atom. The third-order valence-corrected chi connectivity index (χ3v) is 3.95. The van der Waals surface area contributed by atoms with Crippen LogP contribution in [0.25, 0.3) is 0 Å². The summed E-state index contributed by atoms with van der Waals surface area (Å²) < 4.78 is 0. The summed E-state index contributed by atoms with van der Waals surface area (Å²) in [6.45, 7) is 4.16. The number of hydrogen-bond donors (Lipinski definition) is 3. The summed E-state index contributed by atoms with van der Waals surface area (Å²) in [5.74, 6) is 0.218. The van der Waals surface area contributed by atoms with E-state index in [1.54, 1.807) is 0 Å². The first-order valence-electron chi connectivity index (χ1n) is 7.26. The van der Waals surface area contributed by atoms with Crippen LogP contribution in [0.5, 0.6) is 0 Å². The topological polar surface area (TPSA) is 85.5 Å². The van der Waals surface area contributed by atoms with Crippen LogP contribution >= 0.6 is 0 Å². The van der Waals surface area contributed by atoms with E-state index in [0.717, 1.165) is 51.9 Å². The molecule has 6 nitrogen and oxygen atoms in total.